The third-order valence-electron chi connectivity index (χ3n) is 3.52. The molecule has 1 saturated heterocycles. The monoisotopic (exact) mass is 290 g/mol. The Bertz CT molecular complexity index is 600. The number of benzene rings is 1. The summed E-state index contributed by atoms with van der Waals surface area (Å²) in [6.07, 6.45) is 2.15. The minimum atomic E-state index is -0.265. The highest BCUT2D eigenvalue weighted by Crippen LogP contribution is 2.16. The Balaban J connectivity index is 1.46. The summed E-state index contributed by atoms with van der Waals surface area (Å²) in [5.74, 6) is 0.497. The molecule has 0 saturated carbocycles. The lowest BCUT2D eigenvalue weighted by Crippen LogP contribution is -2.15. The summed E-state index contributed by atoms with van der Waals surface area (Å²) in [5.41, 5.74) is 0.666. The summed E-state index contributed by atoms with van der Waals surface area (Å²) in [6, 6.07) is 8.48. The van der Waals surface area contributed by atoms with Crippen LogP contribution in [-0.4, -0.2) is 37.5 Å². The van der Waals surface area contributed by atoms with Crippen molar-refractivity contribution in [2.45, 2.75) is 18.9 Å². The molecule has 0 amide bonds. The van der Waals surface area contributed by atoms with Gasteiger partial charge >= 0.3 is 0 Å². The molecule has 4 nitrogen and oxygen atoms in total. The second kappa shape index (κ2) is 6.83. The number of anilines is 1. The van der Waals surface area contributed by atoms with Gasteiger partial charge in [0.1, 0.15) is 11.6 Å². The highest BCUT2D eigenvalue weighted by atomic mass is 19.1. The third kappa shape index (κ3) is 3.89. The average molecular weight is 290 g/mol. The smallest absolute Gasteiger partial charge is 0.126 e. The number of hydrogen-bond donors (Lipinski definition) is 1. The van der Waals surface area contributed by atoms with E-state index in [1.807, 2.05) is 12.1 Å². The molecule has 5 heteroatoms. The Labute approximate surface area is 123 Å². The van der Waals surface area contributed by atoms with Crippen molar-refractivity contribution in [2.24, 2.45) is 0 Å². The van der Waals surface area contributed by atoms with Gasteiger partial charge in [-0.1, -0.05) is 0 Å². The highest BCUT2D eigenvalue weighted by Gasteiger charge is 2.15. The molecule has 1 N–H and O–H groups in total. The van der Waals surface area contributed by atoms with Gasteiger partial charge in [0.25, 0.3) is 0 Å². The molecule has 0 unspecified atom stereocenters. The fraction of sp³-hybridized carbons (Fsp3) is 0.438. The molecule has 1 fully saturated rings. The van der Waals surface area contributed by atoms with Crippen LogP contribution in [-0.2, 0) is 9.47 Å². The van der Waals surface area contributed by atoms with Crippen LogP contribution in [0.2, 0.25) is 0 Å². The molecular weight excluding hydrogens is 271 g/mol. The number of nitrogens with one attached hydrogen (secondary N) is 1. The van der Waals surface area contributed by atoms with E-state index in [4.69, 9.17) is 9.47 Å². The number of hydrogen-bond acceptors (Lipinski definition) is 4. The Morgan fingerprint density at radius 1 is 1.33 bits per heavy atom. The summed E-state index contributed by atoms with van der Waals surface area (Å²) in [6.45, 7) is 3.01. The van der Waals surface area contributed by atoms with Crippen molar-refractivity contribution in [1.29, 1.82) is 0 Å². The number of halogens is 1. The van der Waals surface area contributed by atoms with Gasteiger partial charge in [0, 0.05) is 31.2 Å². The molecule has 2 aromatic rings. The lowest BCUT2D eigenvalue weighted by Gasteiger charge is -2.10. The van der Waals surface area contributed by atoms with Gasteiger partial charge < -0.3 is 14.8 Å². The quantitative estimate of drug-likeness (QED) is 0.831. The van der Waals surface area contributed by atoms with E-state index >= 15 is 0 Å². The zero-order valence-corrected chi connectivity index (χ0v) is 11.8. The van der Waals surface area contributed by atoms with Crippen LogP contribution in [0.15, 0.2) is 30.3 Å². The van der Waals surface area contributed by atoms with E-state index in [1.165, 1.54) is 12.1 Å². The number of pyridine rings is 1. The maximum absolute atomic E-state index is 13.2. The standard InChI is InChI=1S/C16H19FN2O2/c17-13-4-2-12-3-5-16(19-15(12)10-13)18-7-1-8-21-14-6-9-20-11-14/h2-5,10,14H,1,6-9,11H2,(H,18,19)/t14-/m0/s1. The minimum absolute atomic E-state index is 0.256. The van der Waals surface area contributed by atoms with Gasteiger partial charge in [-0.25, -0.2) is 9.37 Å². The predicted molar refractivity (Wildman–Crippen MR) is 80.0 cm³/mol. The first kappa shape index (κ1) is 14.2. The first-order valence-electron chi connectivity index (χ1n) is 7.31. The van der Waals surface area contributed by atoms with Crippen molar-refractivity contribution in [3.63, 3.8) is 0 Å². The molecule has 1 atom stereocenters. The van der Waals surface area contributed by atoms with E-state index in [0.29, 0.717) is 18.7 Å². The SMILES string of the molecule is Fc1ccc2ccc(NCCCO[C@H]3CCOC3)nc2c1. The molecule has 0 bridgehead atoms. The fourth-order valence-corrected chi connectivity index (χ4v) is 2.37. The second-order valence-electron chi connectivity index (χ2n) is 5.17. The Morgan fingerprint density at radius 3 is 3.10 bits per heavy atom. The molecule has 1 aliphatic heterocycles. The average Bonchev–Trinajstić information content (AvgIpc) is 3.00. The van der Waals surface area contributed by atoms with E-state index in [1.54, 1.807) is 6.07 Å². The third-order valence-corrected chi connectivity index (χ3v) is 3.52. The van der Waals surface area contributed by atoms with Gasteiger partial charge in [-0.15, -0.1) is 0 Å². The van der Waals surface area contributed by atoms with Gasteiger partial charge in [0.2, 0.25) is 0 Å². The number of fused-ring (bicyclic) bond motifs is 1. The minimum Gasteiger partial charge on any atom is -0.379 e. The van der Waals surface area contributed by atoms with Crippen LogP contribution in [0.5, 0.6) is 0 Å². The largest absolute Gasteiger partial charge is 0.379 e. The summed E-state index contributed by atoms with van der Waals surface area (Å²) < 4.78 is 24.1. The van der Waals surface area contributed by atoms with E-state index in [9.17, 15) is 4.39 Å². The molecule has 0 aliphatic carbocycles. The lowest BCUT2D eigenvalue weighted by molar-refractivity contribution is 0.0427. The molecule has 0 radical (unpaired) electrons. The van der Waals surface area contributed by atoms with Crippen LogP contribution >= 0.6 is 0 Å². The van der Waals surface area contributed by atoms with E-state index < -0.39 is 0 Å². The van der Waals surface area contributed by atoms with Gasteiger partial charge in [0.15, 0.2) is 0 Å². The van der Waals surface area contributed by atoms with Crippen LogP contribution in [0.25, 0.3) is 10.9 Å². The maximum atomic E-state index is 13.2. The summed E-state index contributed by atoms with van der Waals surface area (Å²) in [7, 11) is 0. The Morgan fingerprint density at radius 2 is 2.24 bits per heavy atom. The predicted octanol–water partition coefficient (Wildman–Crippen LogP) is 2.98. The zero-order chi connectivity index (χ0) is 14.5. The van der Waals surface area contributed by atoms with Gasteiger partial charge in [-0.2, -0.15) is 0 Å². The van der Waals surface area contributed by atoms with Crippen LogP contribution in [0, 0.1) is 5.82 Å². The van der Waals surface area contributed by atoms with Crippen molar-refractivity contribution in [2.75, 3.05) is 31.7 Å². The molecule has 112 valence electrons. The molecule has 3 rings (SSSR count). The second-order valence-corrected chi connectivity index (χ2v) is 5.17. The molecule has 2 heterocycles. The molecule has 1 aromatic heterocycles. The molecule has 0 spiro atoms. The lowest BCUT2D eigenvalue weighted by atomic mass is 10.2. The van der Waals surface area contributed by atoms with E-state index in [-0.39, 0.29) is 11.9 Å². The summed E-state index contributed by atoms with van der Waals surface area (Å²) in [5, 5.41) is 4.17. The van der Waals surface area contributed by atoms with Crippen molar-refractivity contribution >= 4 is 16.7 Å². The van der Waals surface area contributed by atoms with Crippen molar-refractivity contribution in [3.8, 4) is 0 Å². The topological polar surface area (TPSA) is 43.4 Å². The van der Waals surface area contributed by atoms with Gasteiger partial charge in [-0.05, 0) is 37.1 Å². The highest BCUT2D eigenvalue weighted by molar-refractivity contribution is 5.80. The van der Waals surface area contributed by atoms with Crippen LogP contribution in [0.4, 0.5) is 10.2 Å². The molecular formula is C16H19FN2O2. The Hall–Kier alpha value is -1.72. The normalized spacial score (nSPS) is 18.2. The Kier molecular flexibility index (Phi) is 4.62. The zero-order valence-electron chi connectivity index (χ0n) is 11.8. The number of aromatic nitrogens is 1. The number of nitrogens with zero attached hydrogens (tertiary/aromatic N) is 1. The summed E-state index contributed by atoms with van der Waals surface area (Å²) >= 11 is 0. The van der Waals surface area contributed by atoms with Gasteiger partial charge in [-0.3, -0.25) is 0 Å². The van der Waals surface area contributed by atoms with Crippen LogP contribution < -0.4 is 5.32 Å². The van der Waals surface area contributed by atoms with Crippen molar-refractivity contribution in [3.05, 3.63) is 36.1 Å². The van der Waals surface area contributed by atoms with E-state index in [2.05, 4.69) is 10.3 Å². The number of rotatable bonds is 6. The number of ether oxygens (including phenoxy) is 2. The maximum Gasteiger partial charge on any atom is 0.126 e. The molecule has 1 aliphatic rings. The first-order chi connectivity index (χ1) is 10.3. The summed E-state index contributed by atoms with van der Waals surface area (Å²) in [4.78, 5) is 4.40. The molecule has 21 heavy (non-hydrogen) atoms. The van der Waals surface area contributed by atoms with Gasteiger partial charge in [0.05, 0.1) is 18.2 Å². The first-order valence-corrected chi connectivity index (χ1v) is 7.31. The van der Waals surface area contributed by atoms with Crippen molar-refractivity contribution in [1.82, 2.24) is 4.98 Å². The van der Waals surface area contributed by atoms with E-state index in [0.717, 1.165) is 37.2 Å². The van der Waals surface area contributed by atoms with Crippen LogP contribution in [0.1, 0.15) is 12.8 Å². The van der Waals surface area contributed by atoms with Crippen molar-refractivity contribution < 1.29 is 13.9 Å². The van der Waals surface area contributed by atoms with Crippen LogP contribution in [0.3, 0.4) is 0 Å². The fourth-order valence-electron chi connectivity index (χ4n) is 2.37. The molecule has 1 aromatic carbocycles.